The van der Waals surface area contributed by atoms with Gasteiger partial charge in [0.1, 0.15) is 4.34 Å². The Labute approximate surface area is 126 Å². The first-order valence-corrected chi connectivity index (χ1v) is 8.22. The first-order valence-electron chi connectivity index (χ1n) is 6.23. The molecule has 5 atom stereocenters. The SMILES string of the molecule is CNC(c1cc(Br)c(Cl)s1)C1C(C)OC(C)C1C. The first-order chi connectivity index (χ1) is 8.45. The van der Waals surface area contributed by atoms with Crippen molar-refractivity contribution in [2.45, 2.75) is 39.0 Å². The molecule has 1 aliphatic heterocycles. The van der Waals surface area contributed by atoms with E-state index in [0.717, 1.165) is 8.81 Å². The molecule has 2 rings (SSSR count). The molecule has 2 nitrogen and oxygen atoms in total. The van der Waals surface area contributed by atoms with E-state index in [-0.39, 0.29) is 6.10 Å². The summed E-state index contributed by atoms with van der Waals surface area (Å²) in [6.07, 6.45) is 0.590. The summed E-state index contributed by atoms with van der Waals surface area (Å²) in [6, 6.07) is 2.42. The smallest absolute Gasteiger partial charge is 0.107 e. The molecule has 0 saturated carbocycles. The van der Waals surface area contributed by atoms with Gasteiger partial charge in [0.15, 0.2) is 0 Å². The molecule has 1 saturated heterocycles. The molecule has 5 heteroatoms. The van der Waals surface area contributed by atoms with Crippen molar-refractivity contribution in [1.82, 2.24) is 5.32 Å². The quantitative estimate of drug-likeness (QED) is 0.865. The zero-order chi connectivity index (χ0) is 13.4. The van der Waals surface area contributed by atoms with E-state index in [9.17, 15) is 0 Å². The number of ether oxygens (including phenoxy) is 1. The summed E-state index contributed by atoms with van der Waals surface area (Å²) in [6.45, 7) is 6.60. The number of hydrogen-bond acceptors (Lipinski definition) is 3. The van der Waals surface area contributed by atoms with Gasteiger partial charge in [-0.05, 0) is 48.8 Å². The molecule has 5 unspecified atom stereocenters. The van der Waals surface area contributed by atoms with Crippen molar-refractivity contribution >= 4 is 38.9 Å². The Kier molecular flexibility index (Phi) is 4.76. The second-order valence-electron chi connectivity index (χ2n) is 5.02. The standard InChI is InChI=1S/C13H19BrClNOS/c1-6-7(2)17-8(3)11(6)12(16-4)10-5-9(14)13(15)18-10/h5-8,11-12,16H,1-4H3. The van der Waals surface area contributed by atoms with Gasteiger partial charge >= 0.3 is 0 Å². The molecular formula is C13H19BrClNOS. The fourth-order valence-electron chi connectivity index (χ4n) is 2.91. The van der Waals surface area contributed by atoms with Crippen molar-refractivity contribution in [3.8, 4) is 0 Å². The Morgan fingerprint density at radius 2 is 2.06 bits per heavy atom. The summed E-state index contributed by atoms with van der Waals surface area (Å²) in [5.41, 5.74) is 0. The fraction of sp³-hybridized carbons (Fsp3) is 0.692. The van der Waals surface area contributed by atoms with E-state index >= 15 is 0 Å². The maximum Gasteiger partial charge on any atom is 0.107 e. The van der Waals surface area contributed by atoms with Crippen molar-refractivity contribution < 1.29 is 4.74 Å². The van der Waals surface area contributed by atoms with Crippen LogP contribution in [0.3, 0.4) is 0 Å². The van der Waals surface area contributed by atoms with Crippen LogP contribution in [-0.2, 0) is 4.74 Å². The third-order valence-corrected chi connectivity index (χ3v) is 6.54. The second-order valence-corrected chi connectivity index (χ2v) is 7.56. The molecule has 0 spiro atoms. The van der Waals surface area contributed by atoms with E-state index < -0.39 is 0 Å². The highest BCUT2D eigenvalue weighted by Gasteiger charge is 2.42. The molecule has 1 aromatic heterocycles. The Hall–Kier alpha value is 0.390. The van der Waals surface area contributed by atoms with E-state index in [0.29, 0.717) is 24.0 Å². The number of halogens is 2. The second kappa shape index (κ2) is 5.80. The highest BCUT2D eigenvalue weighted by Crippen LogP contribution is 2.44. The van der Waals surface area contributed by atoms with E-state index in [4.69, 9.17) is 16.3 Å². The van der Waals surface area contributed by atoms with Crippen LogP contribution in [0.1, 0.15) is 31.7 Å². The lowest BCUT2D eigenvalue weighted by atomic mass is 9.83. The van der Waals surface area contributed by atoms with Gasteiger partial charge in [0.05, 0.1) is 12.2 Å². The summed E-state index contributed by atoms with van der Waals surface area (Å²) in [5.74, 6) is 1.02. The van der Waals surface area contributed by atoms with Gasteiger partial charge in [0.2, 0.25) is 0 Å². The summed E-state index contributed by atoms with van der Waals surface area (Å²) in [4.78, 5) is 1.27. The van der Waals surface area contributed by atoms with Crippen molar-refractivity contribution in [2.24, 2.45) is 11.8 Å². The summed E-state index contributed by atoms with van der Waals surface area (Å²) < 4.78 is 7.75. The molecule has 0 radical (unpaired) electrons. The predicted molar refractivity (Wildman–Crippen MR) is 81.5 cm³/mol. The minimum Gasteiger partial charge on any atom is -0.375 e. The fourth-order valence-corrected chi connectivity index (χ4v) is 4.81. The predicted octanol–water partition coefficient (Wildman–Crippen LogP) is 4.48. The molecule has 1 fully saturated rings. The highest BCUT2D eigenvalue weighted by atomic mass is 79.9. The Bertz CT molecular complexity index is 406. The Morgan fingerprint density at radius 1 is 1.39 bits per heavy atom. The lowest BCUT2D eigenvalue weighted by molar-refractivity contribution is 0.0479. The summed E-state index contributed by atoms with van der Waals surface area (Å²) in [5, 5.41) is 3.43. The van der Waals surface area contributed by atoms with E-state index in [1.54, 1.807) is 11.3 Å². The average Bonchev–Trinajstić information content (AvgIpc) is 2.75. The first kappa shape index (κ1) is 14.8. The van der Waals surface area contributed by atoms with Crippen LogP contribution < -0.4 is 5.32 Å². The molecule has 0 bridgehead atoms. The van der Waals surface area contributed by atoms with Crippen LogP contribution in [0.4, 0.5) is 0 Å². The van der Waals surface area contributed by atoms with Crippen LogP contribution in [0.5, 0.6) is 0 Å². The molecular weight excluding hydrogens is 334 g/mol. The zero-order valence-corrected chi connectivity index (χ0v) is 14.2. The van der Waals surface area contributed by atoms with Crippen LogP contribution in [0.25, 0.3) is 0 Å². The van der Waals surface area contributed by atoms with E-state index in [1.165, 1.54) is 4.88 Å². The van der Waals surface area contributed by atoms with Crippen LogP contribution in [0, 0.1) is 11.8 Å². The molecule has 102 valence electrons. The molecule has 18 heavy (non-hydrogen) atoms. The lowest BCUT2D eigenvalue weighted by Gasteiger charge is -2.27. The number of thiophene rings is 1. The molecule has 2 heterocycles. The maximum atomic E-state index is 6.15. The monoisotopic (exact) mass is 351 g/mol. The normalized spacial score (nSPS) is 33.9. The van der Waals surface area contributed by atoms with Gasteiger partial charge in [0, 0.05) is 21.3 Å². The van der Waals surface area contributed by atoms with E-state index in [2.05, 4.69) is 48.1 Å². The topological polar surface area (TPSA) is 21.3 Å². The van der Waals surface area contributed by atoms with Crippen molar-refractivity contribution in [3.05, 3.63) is 19.8 Å². The highest BCUT2D eigenvalue weighted by molar-refractivity contribution is 9.10. The van der Waals surface area contributed by atoms with Gasteiger partial charge < -0.3 is 10.1 Å². The largest absolute Gasteiger partial charge is 0.375 e. The lowest BCUT2D eigenvalue weighted by Crippen LogP contribution is -2.32. The van der Waals surface area contributed by atoms with Crippen molar-refractivity contribution in [2.75, 3.05) is 7.05 Å². The number of rotatable bonds is 3. The average molecular weight is 353 g/mol. The third-order valence-electron chi connectivity index (χ3n) is 3.99. The zero-order valence-electron chi connectivity index (χ0n) is 11.0. The van der Waals surface area contributed by atoms with Crippen LogP contribution in [-0.4, -0.2) is 19.3 Å². The number of nitrogens with one attached hydrogen (secondary N) is 1. The summed E-state index contributed by atoms with van der Waals surface area (Å²) >= 11 is 11.3. The third kappa shape index (κ3) is 2.63. The van der Waals surface area contributed by atoms with Crippen molar-refractivity contribution in [1.29, 1.82) is 0 Å². The summed E-state index contributed by atoms with van der Waals surface area (Å²) in [7, 11) is 2.01. The van der Waals surface area contributed by atoms with Gasteiger partial charge in [-0.2, -0.15) is 0 Å². The van der Waals surface area contributed by atoms with Crippen LogP contribution in [0.2, 0.25) is 4.34 Å². The van der Waals surface area contributed by atoms with Gasteiger partial charge in [0.25, 0.3) is 0 Å². The minimum atomic E-state index is 0.270. The Morgan fingerprint density at radius 3 is 2.44 bits per heavy atom. The Balaban J connectivity index is 2.28. The molecule has 1 aliphatic rings. The van der Waals surface area contributed by atoms with Crippen molar-refractivity contribution in [3.63, 3.8) is 0 Å². The molecule has 1 N–H and O–H groups in total. The number of hydrogen-bond donors (Lipinski definition) is 1. The van der Waals surface area contributed by atoms with Gasteiger partial charge in [-0.1, -0.05) is 18.5 Å². The van der Waals surface area contributed by atoms with Gasteiger partial charge in [-0.3, -0.25) is 0 Å². The van der Waals surface area contributed by atoms with E-state index in [1.807, 2.05) is 7.05 Å². The maximum absolute atomic E-state index is 6.15. The molecule has 1 aromatic rings. The molecule has 0 aliphatic carbocycles. The van der Waals surface area contributed by atoms with Crippen LogP contribution >= 0.6 is 38.9 Å². The van der Waals surface area contributed by atoms with Gasteiger partial charge in [-0.15, -0.1) is 11.3 Å². The molecule has 0 amide bonds. The minimum absolute atomic E-state index is 0.270. The molecule has 0 aromatic carbocycles. The van der Waals surface area contributed by atoms with Gasteiger partial charge in [-0.25, -0.2) is 0 Å². The van der Waals surface area contributed by atoms with Crippen LogP contribution in [0.15, 0.2) is 10.5 Å².